The van der Waals surface area contributed by atoms with Gasteiger partial charge in [-0.15, -0.1) is 0 Å². The molecule has 26 heavy (non-hydrogen) atoms. The lowest BCUT2D eigenvalue weighted by atomic mass is 10.0. The van der Waals surface area contributed by atoms with Crippen LogP contribution in [0.5, 0.6) is 0 Å². The Labute approximate surface area is 178 Å². The van der Waals surface area contributed by atoms with Crippen molar-refractivity contribution in [1.29, 1.82) is 0 Å². The monoisotopic (exact) mass is 518 g/mol. The third-order valence-electron chi connectivity index (χ3n) is 3.82. The average molecular weight is 521 g/mol. The van der Waals surface area contributed by atoms with Crippen molar-refractivity contribution in [3.63, 3.8) is 0 Å². The summed E-state index contributed by atoms with van der Waals surface area (Å²) in [6.45, 7) is 0. The highest BCUT2D eigenvalue weighted by Gasteiger charge is 2.51. The molecule has 136 valence electrons. The summed E-state index contributed by atoms with van der Waals surface area (Å²) in [4.78, 5) is 17.5. The minimum atomic E-state index is -1.06. The zero-order valence-corrected chi connectivity index (χ0v) is 18.1. The van der Waals surface area contributed by atoms with Gasteiger partial charge in [-0.3, -0.25) is 4.79 Å². The van der Waals surface area contributed by atoms with Gasteiger partial charge in [0.25, 0.3) is 5.91 Å². The van der Waals surface area contributed by atoms with Crippen molar-refractivity contribution in [3.8, 4) is 0 Å². The van der Waals surface area contributed by atoms with Crippen LogP contribution in [0.3, 0.4) is 0 Å². The van der Waals surface area contributed by atoms with Gasteiger partial charge in [-0.2, -0.15) is 0 Å². The third-order valence-corrected chi connectivity index (χ3v) is 6.07. The molecule has 0 radical (unpaired) electrons. The van der Waals surface area contributed by atoms with Crippen LogP contribution in [0.2, 0.25) is 10.0 Å². The summed E-state index contributed by atoms with van der Waals surface area (Å²) < 4.78 is 4.81. The van der Waals surface area contributed by atoms with E-state index in [0.717, 1.165) is 0 Å². The topological polar surface area (TPSA) is 50.7 Å². The van der Waals surface area contributed by atoms with E-state index in [-0.39, 0.29) is 12.0 Å². The van der Waals surface area contributed by atoms with Crippen LogP contribution in [0.1, 0.15) is 6.42 Å². The number of carbonyl (C=O) groups excluding carboxylic acids is 1. The maximum absolute atomic E-state index is 12.9. The first-order chi connectivity index (χ1) is 12.4. The third kappa shape index (κ3) is 4.42. The first-order valence-electron chi connectivity index (χ1n) is 7.74. The molecule has 1 aliphatic heterocycles. The molecule has 1 aliphatic rings. The lowest BCUT2D eigenvalue weighted by Crippen LogP contribution is -2.41. The van der Waals surface area contributed by atoms with Gasteiger partial charge in [0, 0.05) is 27.5 Å². The van der Waals surface area contributed by atoms with E-state index in [1.807, 2.05) is 0 Å². The maximum Gasteiger partial charge on any atom is 0.250 e. The van der Waals surface area contributed by atoms with Gasteiger partial charge in [0.15, 0.2) is 4.32 Å². The molecule has 3 rings (SSSR count). The largest absolute Gasteiger partial charge is 0.475 e. The number of hydrogen-bond acceptors (Lipinski definition) is 3. The number of ether oxygens (including phenoxy) is 1. The van der Waals surface area contributed by atoms with Crippen molar-refractivity contribution >= 4 is 78.2 Å². The van der Waals surface area contributed by atoms with Gasteiger partial charge in [-0.1, -0.05) is 55.1 Å². The molecular formula is C18H14Br2Cl2N2O2. The van der Waals surface area contributed by atoms with Crippen LogP contribution >= 0.6 is 55.1 Å². The van der Waals surface area contributed by atoms with Gasteiger partial charge in [0.05, 0.1) is 5.69 Å². The number of carbonyl (C=O) groups is 1. The number of amides is 1. The zero-order valence-electron chi connectivity index (χ0n) is 13.4. The Morgan fingerprint density at radius 3 is 2.31 bits per heavy atom. The summed E-state index contributed by atoms with van der Waals surface area (Å²) in [5.41, 5.74) is 1.30. The van der Waals surface area contributed by atoms with Crippen LogP contribution in [0.15, 0.2) is 53.5 Å². The molecule has 2 aromatic carbocycles. The fourth-order valence-corrected chi connectivity index (χ4v) is 3.74. The second kappa shape index (κ2) is 8.30. The Morgan fingerprint density at radius 2 is 1.73 bits per heavy atom. The number of hydrogen-bond donors (Lipinski definition) is 1. The smallest absolute Gasteiger partial charge is 0.250 e. The Balaban J connectivity index is 1.88. The molecule has 1 fully saturated rings. The van der Waals surface area contributed by atoms with Crippen LogP contribution in [0.4, 0.5) is 11.4 Å². The van der Waals surface area contributed by atoms with E-state index in [4.69, 9.17) is 27.9 Å². The lowest BCUT2D eigenvalue weighted by molar-refractivity contribution is -0.116. The van der Waals surface area contributed by atoms with Crippen molar-refractivity contribution in [2.24, 2.45) is 4.99 Å². The van der Waals surface area contributed by atoms with Crippen LogP contribution in [-0.4, -0.2) is 27.6 Å². The van der Waals surface area contributed by atoms with Gasteiger partial charge >= 0.3 is 0 Å². The molecule has 2 aromatic rings. The number of alkyl halides is 2. The normalized spacial score (nSPS) is 23.7. The van der Waals surface area contributed by atoms with Gasteiger partial charge in [0.2, 0.25) is 5.90 Å². The predicted octanol–water partition coefficient (Wildman–Crippen LogP) is 5.98. The van der Waals surface area contributed by atoms with Gasteiger partial charge in [-0.05, 0) is 48.5 Å². The molecule has 2 atom stereocenters. The molecule has 1 saturated heterocycles. The summed E-state index contributed by atoms with van der Waals surface area (Å²) in [7, 11) is 0. The minimum Gasteiger partial charge on any atom is -0.475 e. The fourth-order valence-electron chi connectivity index (χ4n) is 2.48. The van der Waals surface area contributed by atoms with E-state index in [2.05, 4.69) is 42.2 Å². The minimum absolute atomic E-state index is 0.170. The van der Waals surface area contributed by atoms with Crippen molar-refractivity contribution in [2.45, 2.75) is 16.8 Å². The molecule has 0 unspecified atom stereocenters. The van der Waals surface area contributed by atoms with Crippen molar-refractivity contribution in [3.05, 3.63) is 58.6 Å². The molecular weight excluding hydrogens is 507 g/mol. The molecule has 1 heterocycles. The van der Waals surface area contributed by atoms with Gasteiger partial charge in [0.1, 0.15) is 6.10 Å². The van der Waals surface area contributed by atoms with E-state index in [0.29, 0.717) is 39.1 Å². The van der Waals surface area contributed by atoms with E-state index in [1.165, 1.54) is 0 Å². The van der Waals surface area contributed by atoms with Crippen molar-refractivity contribution in [2.75, 3.05) is 10.6 Å². The predicted molar refractivity (Wildman–Crippen MR) is 114 cm³/mol. The summed E-state index contributed by atoms with van der Waals surface area (Å²) >= 11 is 18.8. The Kier molecular flexibility index (Phi) is 6.28. The van der Waals surface area contributed by atoms with E-state index in [1.54, 1.807) is 48.5 Å². The molecule has 4 nitrogen and oxygen atoms in total. The molecule has 0 bridgehead atoms. The average Bonchev–Trinajstić information content (AvgIpc) is 2.96. The van der Waals surface area contributed by atoms with Crippen LogP contribution in [0.25, 0.3) is 0 Å². The highest BCUT2D eigenvalue weighted by atomic mass is 79.9. The number of aliphatic imine (C=N–C) groups is 1. The van der Waals surface area contributed by atoms with E-state index < -0.39 is 4.32 Å². The van der Waals surface area contributed by atoms with E-state index >= 15 is 0 Å². The highest BCUT2D eigenvalue weighted by molar-refractivity contribution is 9.10. The number of nitrogens with one attached hydrogen (secondary N) is 1. The number of halogens is 4. The molecule has 1 N–H and O–H groups in total. The zero-order chi connectivity index (χ0) is 18.7. The van der Waals surface area contributed by atoms with Crippen molar-refractivity contribution < 1.29 is 9.53 Å². The molecule has 0 aliphatic carbocycles. The number of rotatable bonds is 4. The number of benzene rings is 2. The first kappa shape index (κ1) is 19.7. The number of anilines is 1. The fraction of sp³-hybridized carbons (Fsp3) is 0.222. The molecule has 0 spiro atoms. The van der Waals surface area contributed by atoms with Gasteiger partial charge < -0.3 is 10.1 Å². The van der Waals surface area contributed by atoms with Gasteiger partial charge in [-0.25, -0.2) is 4.99 Å². The SMILES string of the molecule is O=C(Nc1ccc(Cl)cc1)[C@]1(Br)C[C@H](CBr)OC1=Nc1ccc(Cl)cc1. The first-order valence-corrected chi connectivity index (χ1v) is 10.4. The molecule has 0 aromatic heterocycles. The summed E-state index contributed by atoms with van der Waals surface area (Å²) in [6, 6.07) is 13.9. The second-order valence-corrected chi connectivity index (χ2v) is 8.63. The standard InChI is InChI=1S/C18H14Br2Cl2N2O2/c19-10-15-9-18(20,16(25)23-13-5-1-11(21)2-6-13)17(26-15)24-14-7-3-12(22)4-8-14/h1-8,15H,9-10H2,(H,23,25)/t15-,18-/m1/s1. The van der Waals surface area contributed by atoms with E-state index in [9.17, 15) is 4.79 Å². The Hall–Kier alpha value is -1.08. The summed E-state index contributed by atoms with van der Waals surface area (Å²) in [5, 5.41) is 4.69. The Bertz CT molecular complexity index is 828. The molecule has 1 amide bonds. The molecule has 0 saturated carbocycles. The Morgan fingerprint density at radius 1 is 1.15 bits per heavy atom. The summed E-state index contributed by atoms with van der Waals surface area (Å²) in [6.07, 6.45) is 0.279. The second-order valence-electron chi connectivity index (χ2n) is 5.75. The van der Waals surface area contributed by atoms with Crippen LogP contribution in [0, 0.1) is 0 Å². The summed E-state index contributed by atoms with van der Waals surface area (Å²) in [5.74, 6) is 0.0618. The molecule has 8 heteroatoms. The quantitative estimate of drug-likeness (QED) is 0.504. The maximum atomic E-state index is 12.9. The van der Waals surface area contributed by atoms with Crippen LogP contribution in [-0.2, 0) is 9.53 Å². The lowest BCUT2D eigenvalue weighted by Gasteiger charge is -2.19. The van der Waals surface area contributed by atoms with Crippen LogP contribution < -0.4 is 5.32 Å². The number of nitrogens with zero attached hydrogens (tertiary/aromatic N) is 1. The van der Waals surface area contributed by atoms with Crippen molar-refractivity contribution in [1.82, 2.24) is 0 Å². The highest BCUT2D eigenvalue weighted by Crippen LogP contribution is 2.38.